The van der Waals surface area contributed by atoms with Gasteiger partial charge >= 0.3 is 0 Å². The highest BCUT2D eigenvalue weighted by Crippen LogP contribution is 2.16. The monoisotopic (exact) mass is 358 g/mol. The lowest BCUT2D eigenvalue weighted by Gasteiger charge is -2.28. The summed E-state index contributed by atoms with van der Waals surface area (Å²) < 4.78 is 5.34. The number of hydrogen-bond acceptors (Lipinski definition) is 5. The average Bonchev–Trinajstić information content (AvgIpc) is 2.67. The van der Waals surface area contributed by atoms with Crippen molar-refractivity contribution in [2.24, 2.45) is 5.92 Å². The van der Waals surface area contributed by atoms with E-state index in [4.69, 9.17) is 10.00 Å². The van der Waals surface area contributed by atoms with E-state index in [9.17, 15) is 9.59 Å². The summed E-state index contributed by atoms with van der Waals surface area (Å²) in [6.07, 6.45) is 1.06. The second kappa shape index (κ2) is 10.4. The van der Waals surface area contributed by atoms with Crippen LogP contribution in [-0.2, 0) is 9.53 Å². The van der Waals surface area contributed by atoms with Crippen molar-refractivity contribution in [3.05, 3.63) is 29.8 Å². The number of amides is 2. The Labute approximate surface area is 154 Å². The van der Waals surface area contributed by atoms with Crippen molar-refractivity contribution >= 4 is 17.5 Å². The van der Waals surface area contributed by atoms with Gasteiger partial charge in [-0.3, -0.25) is 9.59 Å². The van der Waals surface area contributed by atoms with Crippen LogP contribution in [0.15, 0.2) is 24.3 Å². The first-order valence-electron chi connectivity index (χ1n) is 8.94. The maximum absolute atomic E-state index is 12.2. The fraction of sp³-hybridized carbons (Fsp3) is 0.526. The second-order valence-corrected chi connectivity index (χ2v) is 6.44. The van der Waals surface area contributed by atoms with E-state index in [-0.39, 0.29) is 24.3 Å². The molecule has 140 valence electrons. The van der Waals surface area contributed by atoms with Gasteiger partial charge < -0.3 is 20.3 Å². The van der Waals surface area contributed by atoms with Crippen molar-refractivity contribution in [3.63, 3.8) is 0 Å². The maximum Gasteiger partial charge on any atom is 0.251 e. The van der Waals surface area contributed by atoms with Crippen LogP contribution in [0.2, 0.25) is 0 Å². The number of nitriles is 1. The van der Waals surface area contributed by atoms with Crippen molar-refractivity contribution in [2.45, 2.75) is 19.8 Å². The van der Waals surface area contributed by atoms with E-state index in [0.717, 1.165) is 32.0 Å². The highest BCUT2D eigenvalue weighted by molar-refractivity contribution is 5.94. The summed E-state index contributed by atoms with van der Waals surface area (Å²) in [5.74, 6) is -0.110. The number of nitrogens with one attached hydrogen (secondary N) is 2. The van der Waals surface area contributed by atoms with Crippen LogP contribution in [0, 0.1) is 17.2 Å². The van der Waals surface area contributed by atoms with Crippen LogP contribution in [0.3, 0.4) is 0 Å². The third kappa shape index (κ3) is 6.37. The number of carbonyl (C=O) groups excluding carboxylic acids is 2. The summed E-state index contributed by atoms with van der Waals surface area (Å²) in [4.78, 5) is 26.0. The first-order valence-corrected chi connectivity index (χ1v) is 8.94. The molecule has 1 aromatic carbocycles. The molecule has 7 heteroatoms. The molecule has 0 aliphatic carbocycles. The second-order valence-electron chi connectivity index (χ2n) is 6.44. The number of ether oxygens (including phenoxy) is 1. The van der Waals surface area contributed by atoms with E-state index in [1.807, 2.05) is 37.3 Å². The lowest BCUT2D eigenvalue weighted by atomic mass is 10.0. The zero-order chi connectivity index (χ0) is 18.8. The third-order valence-electron chi connectivity index (χ3n) is 4.33. The van der Waals surface area contributed by atoms with Crippen LogP contribution in [-0.4, -0.2) is 51.2 Å². The van der Waals surface area contributed by atoms with Gasteiger partial charge in [0, 0.05) is 37.3 Å². The molecule has 1 atom stereocenters. The molecular weight excluding hydrogens is 332 g/mol. The number of rotatable bonds is 8. The molecule has 1 unspecified atom stereocenters. The number of morpholine rings is 1. The maximum atomic E-state index is 12.2. The topological polar surface area (TPSA) is 94.5 Å². The number of carbonyl (C=O) groups is 2. The van der Waals surface area contributed by atoms with Gasteiger partial charge in [0.15, 0.2) is 0 Å². The number of hydrogen-bond donors (Lipinski definition) is 2. The van der Waals surface area contributed by atoms with E-state index in [1.165, 1.54) is 0 Å². The van der Waals surface area contributed by atoms with E-state index in [2.05, 4.69) is 15.5 Å². The zero-order valence-corrected chi connectivity index (χ0v) is 15.2. The molecule has 2 N–H and O–H groups in total. The fourth-order valence-electron chi connectivity index (χ4n) is 2.81. The van der Waals surface area contributed by atoms with Crippen LogP contribution in [0.5, 0.6) is 0 Å². The molecule has 0 radical (unpaired) electrons. The summed E-state index contributed by atoms with van der Waals surface area (Å²) in [5.41, 5.74) is 1.73. The van der Waals surface area contributed by atoms with Crippen molar-refractivity contribution in [1.29, 1.82) is 5.26 Å². The summed E-state index contributed by atoms with van der Waals surface area (Å²) in [7, 11) is 0. The molecule has 26 heavy (non-hydrogen) atoms. The van der Waals surface area contributed by atoms with Gasteiger partial charge in [0.1, 0.15) is 6.54 Å². The molecule has 0 saturated carbocycles. The van der Waals surface area contributed by atoms with Gasteiger partial charge in [-0.15, -0.1) is 0 Å². The Morgan fingerprint density at radius 3 is 2.58 bits per heavy atom. The SMILES string of the molecule is CC(CCNC(=O)c1ccc(N2CCOCC2)cc1)CC(=O)NCC#N. The van der Waals surface area contributed by atoms with Gasteiger partial charge in [-0.05, 0) is 36.6 Å². The largest absolute Gasteiger partial charge is 0.378 e. The van der Waals surface area contributed by atoms with Gasteiger partial charge in [-0.25, -0.2) is 0 Å². The molecule has 1 heterocycles. The Kier molecular flexibility index (Phi) is 7.90. The minimum Gasteiger partial charge on any atom is -0.378 e. The van der Waals surface area contributed by atoms with Gasteiger partial charge in [-0.1, -0.05) is 6.92 Å². The molecule has 2 amide bonds. The lowest BCUT2D eigenvalue weighted by Crippen LogP contribution is -2.36. The average molecular weight is 358 g/mol. The quantitative estimate of drug-likeness (QED) is 0.683. The Morgan fingerprint density at radius 2 is 1.92 bits per heavy atom. The van der Waals surface area contributed by atoms with Gasteiger partial charge in [0.05, 0.1) is 19.3 Å². The molecule has 1 fully saturated rings. The Balaban J connectivity index is 1.72. The fourth-order valence-corrected chi connectivity index (χ4v) is 2.81. The lowest BCUT2D eigenvalue weighted by molar-refractivity contribution is -0.121. The normalized spacial score (nSPS) is 15.0. The molecule has 0 spiro atoms. The Morgan fingerprint density at radius 1 is 1.23 bits per heavy atom. The molecule has 2 rings (SSSR count). The van der Waals surface area contributed by atoms with Crippen LogP contribution in [0.4, 0.5) is 5.69 Å². The van der Waals surface area contributed by atoms with Gasteiger partial charge in [0.2, 0.25) is 5.91 Å². The van der Waals surface area contributed by atoms with E-state index >= 15 is 0 Å². The van der Waals surface area contributed by atoms with Crippen LogP contribution in [0.1, 0.15) is 30.1 Å². The molecule has 0 aromatic heterocycles. The van der Waals surface area contributed by atoms with E-state index in [0.29, 0.717) is 24.9 Å². The third-order valence-corrected chi connectivity index (χ3v) is 4.33. The van der Waals surface area contributed by atoms with E-state index in [1.54, 1.807) is 0 Å². The van der Waals surface area contributed by atoms with Crippen LogP contribution in [0.25, 0.3) is 0 Å². The van der Waals surface area contributed by atoms with Crippen molar-refractivity contribution in [1.82, 2.24) is 10.6 Å². The summed E-state index contributed by atoms with van der Waals surface area (Å²) in [5, 5.41) is 13.8. The standard InChI is InChI=1S/C19H26N4O3/c1-15(14-18(24)21-9-7-20)6-8-22-19(25)16-2-4-17(5-3-16)23-10-12-26-13-11-23/h2-5,15H,6,8-14H2,1H3,(H,21,24)(H,22,25). The van der Waals surface area contributed by atoms with Gasteiger partial charge in [0.25, 0.3) is 5.91 Å². The van der Waals surface area contributed by atoms with Gasteiger partial charge in [-0.2, -0.15) is 5.26 Å². The van der Waals surface area contributed by atoms with Crippen LogP contribution >= 0.6 is 0 Å². The summed E-state index contributed by atoms with van der Waals surface area (Å²) >= 11 is 0. The van der Waals surface area contributed by atoms with Crippen LogP contribution < -0.4 is 15.5 Å². The molecule has 0 bridgehead atoms. The first kappa shape index (κ1) is 19.7. The minimum absolute atomic E-state index is 0.0305. The predicted molar refractivity (Wildman–Crippen MR) is 98.8 cm³/mol. The van der Waals surface area contributed by atoms with Crippen molar-refractivity contribution in [2.75, 3.05) is 44.3 Å². The first-order chi connectivity index (χ1) is 12.6. The summed E-state index contributed by atoms with van der Waals surface area (Å²) in [6.45, 7) is 5.69. The zero-order valence-electron chi connectivity index (χ0n) is 15.2. The number of benzene rings is 1. The molecule has 7 nitrogen and oxygen atoms in total. The molecule has 1 aliphatic rings. The molecule has 1 saturated heterocycles. The summed E-state index contributed by atoms with van der Waals surface area (Å²) in [6, 6.07) is 9.46. The Bertz CT molecular complexity index is 633. The highest BCUT2D eigenvalue weighted by atomic mass is 16.5. The molecular formula is C19H26N4O3. The molecule has 1 aromatic rings. The number of nitrogens with zero attached hydrogens (tertiary/aromatic N) is 2. The van der Waals surface area contributed by atoms with E-state index < -0.39 is 0 Å². The molecule has 1 aliphatic heterocycles. The minimum atomic E-state index is -0.135. The van der Waals surface area contributed by atoms with Crippen molar-refractivity contribution in [3.8, 4) is 6.07 Å². The number of anilines is 1. The Hall–Kier alpha value is -2.59. The smallest absolute Gasteiger partial charge is 0.251 e. The predicted octanol–water partition coefficient (Wildman–Crippen LogP) is 1.31. The van der Waals surface area contributed by atoms with Crippen molar-refractivity contribution < 1.29 is 14.3 Å². The highest BCUT2D eigenvalue weighted by Gasteiger charge is 2.13.